The summed E-state index contributed by atoms with van der Waals surface area (Å²) in [4.78, 5) is 50.2. The minimum Gasteiger partial charge on any atom is -0.493 e. The molecule has 42 heavy (non-hydrogen) atoms. The first-order valence-electron chi connectivity index (χ1n) is 13.7. The molecule has 3 aromatic carbocycles. The number of amides is 1. The van der Waals surface area contributed by atoms with Crippen LogP contribution >= 0.6 is 0 Å². The van der Waals surface area contributed by atoms with E-state index in [1.54, 1.807) is 42.6 Å². The molecule has 1 fully saturated rings. The molecular formula is C34H27N3O5. The van der Waals surface area contributed by atoms with Crippen molar-refractivity contribution >= 4 is 29.2 Å². The number of pyridine rings is 1. The number of fused-ring (bicyclic) bond motifs is 6. The summed E-state index contributed by atoms with van der Waals surface area (Å²) in [5.41, 5.74) is 2.23. The Balaban J connectivity index is 1.53. The number of rotatable bonds is 6. The van der Waals surface area contributed by atoms with E-state index in [0.717, 1.165) is 11.1 Å². The van der Waals surface area contributed by atoms with Gasteiger partial charge in [0.25, 0.3) is 0 Å². The number of carbonyl (C=O) groups excluding carboxylic acids is 3. The fourth-order valence-corrected chi connectivity index (χ4v) is 7.00. The van der Waals surface area contributed by atoms with Crippen molar-refractivity contribution in [3.8, 4) is 11.5 Å². The molecule has 0 saturated carbocycles. The molecule has 4 atom stereocenters. The number of methoxy groups -OCH3 is 2. The topological polar surface area (TPSA) is 97.8 Å². The highest BCUT2D eigenvalue weighted by molar-refractivity contribution is 6.16. The number of hydrogen-bond donors (Lipinski definition) is 1. The van der Waals surface area contributed by atoms with Crippen molar-refractivity contribution < 1.29 is 23.9 Å². The van der Waals surface area contributed by atoms with E-state index in [1.165, 1.54) is 14.2 Å². The van der Waals surface area contributed by atoms with Crippen LogP contribution in [0.3, 0.4) is 0 Å². The highest BCUT2D eigenvalue weighted by Crippen LogP contribution is 2.62. The third kappa shape index (κ3) is 3.48. The Morgan fingerprint density at radius 3 is 2.43 bits per heavy atom. The van der Waals surface area contributed by atoms with E-state index in [4.69, 9.17) is 9.47 Å². The molecule has 208 valence electrons. The van der Waals surface area contributed by atoms with Crippen molar-refractivity contribution in [1.82, 2.24) is 9.88 Å². The van der Waals surface area contributed by atoms with Crippen LogP contribution in [-0.4, -0.2) is 47.6 Å². The van der Waals surface area contributed by atoms with Gasteiger partial charge in [0.05, 0.1) is 26.2 Å². The lowest BCUT2D eigenvalue weighted by atomic mass is 9.62. The van der Waals surface area contributed by atoms with Gasteiger partial charge in [0.1, 0.15) is 17.2 Å². The third-order valence-electron chi connectivity index (χ3n) is 8.71. The van der Waals surface area contributed by atoms with E-state index in [9.17, 15) is 14.4 Å². The molecule has 1 saturated heterocycles. The third-order valence-corrected chi connectivity index (χ3v) is 8.71. The van der Waals surface area contributed by atoms with Gasteiger partial charge in [0.15, 0.2) is 17.3 Å². The Morgan fingerprint density at radius 1 is 0.881 bits per heavy atom. The number of Topliss-reactive ketones (excluding diaryl/α,β-unsaturated/α-hetero) is 2. The maximum absolute atomic E-state index is 14.9. The molecule has 1 aromatic heterocycles. The standard InChI is InChI=1S/C34H27N3O5/c1-41-26-15-14-21(19-27(26)42-2)30(38)28-29(31(39)25-13-7-8-17-35-25)37-18-16-20-9-3-4-10-22(20)32(37)34(28)23-11-5-6-12-24(23)36-33(34)40/h3-19,28-29,32H,1-2H3,(H,36,40)/t28-,29+,32+,34+/m0/s1. The quantitative estimate of drug-likeness (QED) is 0.330. The maximum atomic E-state index is 14.9. The Morgan fingerprint density at radius 2 is 1.64 bits per heavy atom. The summed E-state index contributed by atoms with van der Waals surface area (Å²) < 4.78 is 10.9. The van der Waals surface area contributed by atoms with Crippen molar-refractivity contribution in [2.45, 2.75) is 17.5 Å². The highest BCUT2D eigenvalue weighted by atomic mass is 16.5. The summed E-state index contributed by atoms with van der Waals surface area (Å²) in [6, 6.07) is 23.6. The van der Waals surface area contributed by atoms with Gasteiger partial charge in [-0.05, 0) is 59.2 Å². The molecule has 0 radical (unpaired) electrons. The van der Waals surface area contributed by atoms with Crippen LogP contribution in [0.5, 0.6) is 11.5 Å². The second-order valence-corrected chi connectivity index (χ2v) is 10.6. The van der Waals surface area contributed by atoms with Crippen LogP contribution in [0.4, 0.5) is 5.69 Å². The van der Waals surface area contributed by atoms with Crippen molar-refractivity contribution in [3.63, 3.8) is 0 Å². The number of ketones is 2. The Hall–Kier alpha value is -5.24. The summed E-state index contributed by atoms with van der Waals surface area (Å²) in [6.45, 7) is 0. The number of ether oxygens (including phenoxy) is 2. The highest BCUT2D eigenvalue weighted by Gasteiger charge is 2.70. The van der Waals surface area contributed by atoms with E-state index in [1.807, 2.05) is 65.7 Å². The number of para-hydroxylation sites is 1. The van der Waals surface area contributed by atoms with Crippen LogP contribution in [0.2, 0.25) is 0 Å². The van der Waals surface area contributed by atoms with Gasteiger partial charge < -0.3 is 19.7 Å². The van der Waals surface area contributed by atoms with Crippen molar-refractivity contribution in [2.75, 3.05) is 19.5 Å². The Bertz CT molecular complexity index is 1790. The predicted octanol–water partition coefficient (Wildman–Crippen LogP) is 5.08. The first kappa shape index (κ1) is 25.7. The second-order valence-electron chi connectivity index (χ2n) is 10.6. The fraction of sp³-hybridized carbons (Fsp3) is 0.176. The smallest absolute Gasteiger partial charge is 0.238 e. The summed E-state index contributed by atoms with van der Waals surface area (Å²) in [7, 11) is 3.02. The van der Waals surface area contributed by atoms with E-state index >= 15 is 0 Å². The van der Waals surface area contributed by atoms with Crippen LogP contribution < -0.4 is 14.8 Å². The second kappa shape index (κ2) is 9.69. The molecule has 1 spiro atoms. The van der Waals surface area contributed by atoms with Gasteiger partial charge in [-0.15, -0.1) is 0 Å². The normalized spacial score (nSPS) is 23.1. The van der Waals surface area contributed by atoms with Gasteiger partial charge in [-0.1, -0.05) is 48.5 Å². The van der Waals surface area contributed by atoms with Crippen LogP contribution in [-0.2, 0) is 10.2 Å². The number of benzene rings is 3. The van der Waals surface area contributed by atoms with E-state index in [-0.39, 0.29) is 23.2 Å². The van der Waals surface area contributed by atoms with Crippen LogP contribution in [0.25, 0.3) is 6.08 Å². The van der Waals surface area contributed by atoms with Crippen molar-refractivity contribution in [2.24, 2.45) is 5.92 Å². The molecule has 3 aliphatic rings. The maximum Gasteiger partial charge on any atom is 0.238 e. The molecule has 8 nitrogen and oxygen atoms in total. The fourth-order valence-electron chi connectivity index (χ4n) is 7.00. The lowest BCUT2D eigenvalue weighted by Gasteiger charge is -2.38. The van der Waals surface area contributed by atoms with Crippen LogP contribution in [0.15, 0.2) is 97.3 Å². The first-order valence-corrected chi connectivity index (χ1v) is 13.7. The van der Waals surface area contributed by atoms with E-state index < -0.39 is 23.4 Å². The molecule has 4 aromatic rings. The summed E-state index contributed by atoms with van der Waals surface area (Å²) in [5, 5.41) is 3.06. The number of nitrogens with one attached hydrogen (secondary N) is 1. The average molecular weight is 558 g/mol. The lowest BCUT2D eigenvalue weighted by Crippen LogP contribution is -2.49. The Labute approximate surface area is 242 Å². The number of anilines is 1. The minimum atomic E-state index is -1.42. The van der Waals surface area contributed by atoms with E-state index in [2.05, 4.69) is 10.3 Å². The molecule has 1 amide bonds. The number of carbonyl (C=O) groups is 3. The monoisotopic (exact) mass is 557 g/mol. The number of aromatic nitrogens is 1. The zero-order valence-electron chi connectivity index (χ0n) is 23.0. The van der Waals surface area contributed by atoms with Crippen molar-refractivity contribution in [3.05, 3.63) is 125 Å². The largest absolute Gasteiger partial charge is 0.493 e. The van der Waals surface area contributed by atoms with Crippen LogP contribution in [0.1, 0.15) is 43.6 Å². The molecule has 0 bridgehead atoms. The zero-order valence-corrected chi connectivity index (χ0v) is 23.0. The lowest BCUT2D eigenvalue weighted by molar-refractivity contribution is -0.122. The summed E-state index contributed by atoms with van der Waals surface area (Å²) in [5.74, 6) is -1.26. The average Bonchev–Trinajstić information content (AvgIpc) is 3.52. The van der Waals surface area contributed by atoms with Gasteiger partial charge in [0, 0.05) is 23.6 Å². The number of nitrogens with zero attached hydrogens (tertiary/aromatic N) is 2. The molecule has 8 heteroatoms. The van der Waals surface area contributed by atoms with Gasteiger partial charge in [0.2, 0.25) is 11.7 Å². The molecule has 4 heterocycles. The minimum absolute atomic E-state index is 0.224. The molecule has 3 aliphatic heterocycles. The van der Waals surface area contributed by atoms with Gasteiger partial charge in [-0.3, -0.25) is 19.4 Å². The predicted molar refractivity (Wildman–Crippen MR) is 157 cm³/mol. The van der Waals surface area contributed by atoms with Gasteiger partial charge in [-0.2, -0.15) is 0 Å². The summed E-state index contributed by atoms with van der Waals surface area (Å²) in [6.07, 6.45) is 5.33. The Kier molecular flexibility index (Phi) is 5.93. The summed E-state index contributed by atoms with van der Waals surface area (Å²) >= 11 is 0. The molecular weight excluding hydrogens is 530 g/mol. The van der Waals surface area contributed by atoms with E-state index in [0.29, 0.717) is 28.3 Å². The molecule has 0 unspecified atom stereocenters. The SMILES string of the molecule is COc1ccc(C(=O)[C@@H]2[C@H](C(=O)c3ccccn3)N3C=Cc4ccccc4[C@@H]3[C@]23C(=O)Nc2ccccc23)cc1OC. The molecule has 0 aliphatic carbocycles. The molecule has 1 N–H and O–H groups in total. The zero-order chi connectivity index (χ0) is 29.0. The number of hydrogen-bond acceptors (Lipinski definition) is 7. The van der Waals surface area contributed by atoms with Gasteiger partial charge in [-0.25, -0.2) is 0 Å². The van der Waals surface area contributed by atoms with Crippen LogP contribution in [0, 0.1) is 5.92 Å². The van der Waals surface area contributed by atoms with Gasteiger partial charge >= 0.3 is 0 Å². The molecule has 7 rings (SSSR count). The first-order chi connectivity index (χ1) is 20.5. The van der Waals surface area contributed by atoms with Crippen molar-refractivity contribution in [1.29, 1.82) is 0 Å².